The van der Waals surface area contributed by atoms with Crippen molar-refractivity contribution < 1.29 is 26.9 Å². The Labute approximate surface area is 172 Å². The minimum Gasteiger partial charge on any atom is -0.493 e. The van der Waals surface area contributed by atoms with Gasteiger partial charge in [0.2, 0.25) is 0 Å². The lowest BCUT2D eigenvalue weighted by Gasteiger charge is -2.50. The van der Waals surface area contributed by atoms with Crippen LogP contribution < -0.4 is 14.6 Å². The zero-order valence-electron chi connectivity index (χ0n) is 17.1. The predicted octanol–water partition coefficient (Wildman–Crippen LogP) is 3.07. The van der Waals surface area contributed by atoms with Crippen LogP contribution in [0.5, 0.6) is 11.5 Å². The first-order chi connectivity index (χ1) is 13.6. The van der Waals surface area contributed by atoms with Gasteiger partial charge in [0.05, 0.1) is 13.2 Å². The molecule has 5 atom stereocenters. The van der Waals surface area contributed by atoms with E-state index >= 15 is 0 Å². The van der Waals surface area contributed by atoms with Gasteiger partial charge in [-0.25, -0.2) is 5.14 Å². The molecule has 3 aliphatic carbocycles. The number of aryl methyl sites for hydroxylation is 1. The molecule has 29 heavy (non-hydrogen) atoms. The van der Waals surface area contributed by atoms with Gasteiger partial charge in [0.15, 0.2) is 11.5 Å². The van der Waals surface area contributed by atoms with E-state index in [1.807, 2.05) is 12.1 Å². The Hall–Kier alpha value is -1.64. The van der Waals surface area contributed by atoms with Crippen molar-refractivity contribution in [1.29, 1.82) is 0 Å². The van der Waals surface area contributed by atoms with Crippen LogP contribution in [-0.4, -0.2) is 27.6 Å². The maximum absolute atomic E-state index is 11.5. The number of methoxy groups -OCH3 is 1. The number of benzene rings is 1. The van der Waals surface area contributed by atoms with Crippen LogP contribution in [0.15, 0.2) is 12.1 Å². The molecule has 2 saturated carbocycles. The van der Waals surface area contributed by atoms with Crippen molar-refractivity contribution in [1.82, 2.24) is 0 Å². The molecule has 2 N–H and O–H groups in total. The number of esters is 1. The van der Waals surface area contributed by atoms with Crippen molar-refractivity contribution >= 4 is 16.3 Å². The number of rotatable bonds is 4. The number of carbonyl (C=O) groups is 1. The topological polar surface area (TPSA) is 105 Å². The molecule has 0 spiro atoms. The van der Waals surface area contributed by atoms with Gasteiger partial charge in [-0.15, -0.1) is 0 Å². The molecule has 7 nitrogen and oxygen atoms in total. The van der Waals surface area contributed by atoms with Crippen LogP contribution in [0, 0.1) is 17.3 Å². The highest BCUT2D eigenvalue weighted by atomic mass is 32.2. The second-order valence-corrected chi connectivity index (χ2v) is 10.1. The Bertz CT molecular complexity index is 929. The molecule has 0 aliphatic heterocycles. The van der Waals surface area contributed by atoms with E-state index in [4.69, 9.17) is 18.8 Å². The first-order valence-electron chi connectivity index (χ1n) is 10.2. The molecule has 1 aromatic carbocycles. The monoisotopic (exact) mass is 423 g/mol. The molecule has 4 rings (SSSR count). The summed E-state index contributed by atoms with van der Waals surface area (Å²) in [5.41, 5.74) is 2.31. The zero-order valence-corrected chi connectivity index (χ0v) is 18.0. The molecule has 0 amide bonds. The van der Waals surface area contributed by atoms with E-state index in [-0.39, 0.29) is 17.5 Å². The van der Waals surface area contributed by atoms with Crippen LogP contribution in [0.2, 0.25) is 0 Å². The molecule has 2 fully saturated rings. The summed E-state index contributed by atoms with van der Waals surface area (Å²) in [5, 5.41) is 5.17. The highest BCUT2D eigenvalue weighted by Crippen LogP contribution is 2.62. The van der Waals surface area contributed by atoms with E-state index in [1.54, 1.807) is 7.11 Å². The molecule has 0 saturated heterocycles. The molecule has 0 bridgehead atoms. The van der Waals surface area contributed by atoms with Crippen molar-refractivity contribution in [3.63, 3.8) is 0 Å². The van der Waals surface area contributed by atoms with Gasteiger partial charge in [-0.1, -0.05) is 6.92 Å². The highest BCUT2D eigenvalue weighted by Gasteiger charge is 2.56. The fraction of sp³-hybridized carbons (Fsp3) is 0.667. The smallest absolute Gasteiger partial charge is 0.333 e. The van der Waals surface area contributed by atoms with Gasteiger partial charge in [0, 0.05) is 6.92 Å². The average Bonchev–Trinajstić information content (AvgIpc) is 2.95. The molecular weight excluding hydrogens is 394 g/mol. The second kappa shape index (κ2) is 7.25. The Kier molecular flexibility index (Phi) is 5.16. The summed E-state index contributed by atoms with van der Waals surface area (Å²) >= 11 is 0. The van der Waals surface area contributed by atoms with Gasteiger partial charge < -0.3 is 9.47 Å². The van der Waals surface area contributed by atoms with E-state index < -0.39 is 10.3 Å². The van der Waals surface area contributed by atoms with Gasteiger partial charge in [0.1, 0.15) is 0 Å². The van der Waals surface area contributed by atoms with Crippen molar-refractivity contribution in [2.24, 2.45) is 22.4 Å². The van der Waals surface area contributed by atoms with E-state index in [1.165, 1.54) is 18.1 Å². The summed E-state index contributed by atoms with van der Waals surface area (Å²) in [6.07, 6.45) is 5.13. The Morgan fingerprint density at radius 2 is 1.93 bits per heavy atom. The van der Waals surface area contributed by atoms with Gasteiger partial charge in [-0.3, -0.25) is 8.98 Å². The van der Waals surface area contributed by atoms with E-state index in [2.05, 4.69) is 6.92 Å². The lowest BCUT2D eigenvalue weighted by atomic mass is 9.55. The quantitative estimate of drug-likeness (QED) is 0.589. The first kappa shape index (κ1) is 20.6. The molecule has 0 aromatic heterocycles. The Morgan fingerprint density at radius 3 is 2.59 bits per heavy atom. The van der Waals surface area contributed by atoms with Gasteiger partial charge >= 0.3 is 16.3 Å². The molecule has 160 valence electrons. The molecule has 0 radical (unpaired) electrons. The summed E-state index contributed by atoms with van der Waals surface area (Å²) in [4.78, 5) is 11.4. The van der Waals surface area contributed by atoms with Crippen molar-refractivity contribution in [3.05, 3.63) is 23.3 Å². The lowest BCUT2D eigenvalue weighted by Crippen LogP contribution is -2.45. The maximum atomic E-state index is 11.5. The number of fused-ring (bicyclic) bond motifs is 5. The molecule has 8 heteroatoms. The molecule has 0 heterocycles. The molecular formula is C21H29NO6S. The normalized spacial score (nSPS) is 33.4. The summed E-state index contributed by atoms with van der Waals surface area (Å²) in [6, 6.07) is 3.97. The van der Waals surface area contributed by atoms with Crippen LogP contribution in [0.25, 0.3) is 0 Å². The zero-order chi connectivity index (χ0) is 21.0. The van der Waals surface area contributed by atoms with Crippen LogP contribution >= 0.6 is 0 Å². The second-order valence-electron chi connectivity index (χ2n) is 8.91. The highest BCUT2D eigenvalue weighted by molar-refractivity contribution is 7.84. The Balaban J connectivity index is 1.64. The van der Waals surface area contributed by atoms with Gasteiger partial charge in [-0.2, -0.15) is 8.42 Å². The molecule has 3 unspecified atom stereocenters. The molecule has 1 aromatic rings. The summed E-state index contributed by atoms with van der Waals surface area (Å²) in [5.74, 6) is 1.96. The fourth-order valence-corrected chi connectivity index (χ4v) is 6.88. The minimum absolute atomic E-state index is 0.174. The third kappa shape index (κ3) is 3.66. The third-order valence-corrected chi connectivity index (χ3v) is 7.93. The van der Waals surface area contributed by atoms with Crippen molar-refractivity contribution in [2.75, 3.05) is 7.11 Å². The van der Waals surface area contributed by atoms with E-state index in [9.17, 15) is 13.2 Å². The molecule has 3 aliphatic rings. The van der Waals surface area contributed by atoms with Gasteiger partial charge in [0.25, 0.3) is 0 Å². The number of nitrogens with two attached hydrogens (primary N) is 1. The standard InChI is InChI=1S/C21H29NO6S/c1-12(23)27-19-10-13-4-5-15-14(16(13)11-18(19)26-3)8-9-21(2)17(15)6-7-20(21)28-29(22,24)25/h10-11,14-15,17,20H,4-9H2,1-3H3,(H2,22,24,25)/t14?,15?,17?,20-,21-/m0/s1. The van der Waals surface area contributed by atoms with Crippen LogP contribution in [0.1, 0.15) is 63.0 Å². The number of hydrogen-bond donors (Lipinski definition) is 1. The first-order valence-corrected chi connectivity index (χ1v) is 11.7. The Morgan fingerprint density at radius 1 is 1.17 bits per heavy atom. The van der Waals surface area contributed by atoms with Crippen LogP contribution in [0.3, 0.4) is 0 Å². The largest absolute Gasteiger partial charge is 0.493 e. The number of ether oxygens (including phenoxy) is 2. The third-order valence-electron chi connectivity index (χ3n) is 7.43. The fourth-order valence-electron chi connectivity index (χ4n) is 6.24. The van der Waals surface area contributed by atoms with E-state index in [0.29, 0.717) is 29.3 Å². The average molecular weight is 424 g/mol. The summed E-state index contributed by atoms with van der Waals surface area (Å²) < 4.78 is 39.2. The van der Waals surface area contributed by atoms with Crippen molar-refractivity contribution in [2.45, 2.75) is 64.4 Å². The minimum atomic E-state index is -3.96. The van der Waals surface area contributed by atoms with Gasteiger partial charge in [-0.05, 0) is 85.0 Å². The maximum Gasteiger partial charge on any atom is 0.333 e. The summed E-state index contributed by atoms with van der Waals surface area (Å²) in [6.45, 7) is 3.55. The number of carbonyl (C=O) groups excluding carboxylic acids is 1. The van der Waals surface area contributed by atoms with Crippen molar-refractivity contribution in [3.8, 4) is 11.5 Å². The van der Waals surface area contributed by atoms with Crippen LogP contribution in [-0.2, 0) is 25.7 Å². The SMILES string of the molecule is COc1cc2c(cc1OC(C)=O)CCC1C2CC[C@@]2(C)C1CC[C@@H]2OS(N)(=O)=O. The number of hydrogen-bond acceptors (Lipinski definition) is 6. The predicted molar refractivity (Wildman–Crippen MR) is 107 cm³/mol. The van der Waals surface area contributed by atoms with Crippen LogP contribution in [0.4, 0.5) is 0 Å². The lowest BCUT2D eigenvalue weighted by molar-refractivity contribution is -0.132. The summed E-state index contributed by atoms with van der Waals surface area (Å²) in [7, 11) is -2.37. The van der Waals surface area contributed by atoms with E-state index in [0.717, 1.165) is 38.5 Å².